The van der Waals surface area contributed by atoms with Crippen LogP contribution in [0.2, 0.25) is 0 Å². The number of hydrogen-bond acceptors (Lipinski definition) is 6. The Kier molecular flexibility index (Phi) is 6.49. The third kappa shape index (κ3) is 5.43. The van der Waals surface area contributed by atoms with Gasteiger partial charge in [-0.1, -0.05) is 32.0 Å². The molecule has 1 aliphatic rings. The lowest BCUT2D eigenvalue weighted by Gasteiger charge is -2.33. The van der Waals surface area contributed by atoms with Gasteiger partial charge in [0.2, 0.25) is 5.89 Å². The van der Waals surface area contributed by atoms with E-state index in [1.54, 1.807) is 0 Å². The van der Waals surface area contributed by atoms with Gasteiger partial charge in [0, 0.05) is 37.3 Å². The van der Waals surface area contributed by atoms with Gasteiger partial charge in [0.15, 0.2) is 11.8 Å². The molecule has 2 aromatic rings. The van der Waals surface area contributed by atoms with Crippen LogP contribution in [0.4, 0.5) is 5.82 Å². The Balaban J connectivity index is 1.54. The monoisotopic (exact) mass is 385 g/mol. The van der Waals surface area contributed by atoms with Crippen LogP contribution in [0.5, 0.6) is 0 Å². The van der Waals surface area contributed by atoms with Gasteiger partial charge in [-0.3, -0.25) is 0 Å². The Bertz CT molecular complexity index is 758. The van der Waals surface area contributed by atoms with Crippen molar-refractivity contribution in [1.82, 2.24) is 25.8 Å². The number of hydrogen-bond donors (Lipinski definition) is 2. The van der Waals surface area contributed by atoms with Gasteiger partial charge >= 0.3 is 0 Å². The Morgan fingerprint density at radius 2 is 2.07 bits per heavy atom. The van der Waals surface area contributed by atoms with Crippen molar-refractivity contribution in [2.24, 2.45) is 4.99 Å². The van der Waals surface area contributed by atoms with E-state index < -0.39 is 0 Å². The molecule has 0 bridgehead atoms. The molecule has 1 saturated heterocycles. The Labute approximate surface area is 166 Å². The highest BCUT2D eigenvalue weighted by atomic mass is 16.5. The molecule has 1 fully saturated rings. The summed E-state index contributed by atoms with van der Waals surface area (Å²) in [6.45, 7) is 11.4. The van der Waals surface area contributed by atoms with Crippen LogP contribution in [0.3, 0.4) is 0 Å². The normalized spacial score (nSPS) is 16.3. The number of pyridine rings is 1. The zero-order chi connectivity index (χ0) is 20.0. The number of aromatic nitrogens is 3. The van der Waals surface area contributed by atoms with Crippen molar-refractivity contribution in [3.05, 3.63) is 36.1 Å². The molecule has 0 radical (unpaired) electrons. The van der Waals surface area contributed by atoms with E-state index in [4.69, 9.17) is 4.52 Å². The fourth-order valence-electron chi connectivity index (χ4n) is 3.08. The van der Waals surface area contributed by atoms with Crippen LogP contribution in [0.25, 0.3) is 0 Å². The van der Waals surface area contributed by atoms with Gasteiger partial charge in [-0.25, -0.2) is 9.98 Å². The molecule has 0 atom stereocenters. The Morgan fingerprint density at radius 3 is 2.68 bits per heavy atom. The fraction of sp³-hybridized carbons (Fsp3) is 0.600. The van der Waals surface area contributed by atoms with E-state index in [9.17, 15) is 0 Å². The maximum Gasteiger partial charge on any atom is 0.232 e. The fourth-order valence-corrected chi connectivity index (χ4v) is 3.08. The lowest BCUT2D eigenvalue weighted by atomic mass is 9.97. The van der Waals surface area contributed by atoms with Crippen LogP contribution in [-0.2, 0) is 12.0 Å². The smallest absolute Gasteiger partial charge is 0.232 e. The molecular weight excluding hydrogens is 354 g/mol. The summed E-state index contributed by atoms with van der Waals surface area (Å²) < 4.78 is 5.34. The molecular formula is C20H31N7O. The average molecular weight is 386 g/mol. The molecule has 0 saturated carbocycles. The van der Waals surface area contributed by atoms with Gasteiger partial charge in [0.1, 0.15) is 12.4 Å². The first-order chi connectivity index (χ1) is 13.5. The summed E-state index contributed by atoms with van der Waals surface area (Å²) in [5.74, 6) is 3.08. The third-order valence-corrected chi connectivity index (χ3v) is 4.64. The first kappa shape index (κ1) is 20.1. The highest BCUT2D eigenvalue weighted by Gasteiger charge is 2.22. The van der Waals surface area contributed by atoms with Crippen LogP contribution < -0.4 is 15.5 Å². The molecule has 1 aliphatic heterocycles. The second-order valence-corrected chi connectivity index (χ2v) is 8.05. The number of guanidine groups is 1. The molecule has 2 N–H and O–H groups in total. The van der Waals surface area contributed by atoms with Crippen LogP contribution in [-0.4, -0.2) is 46.8 Å². The zero-order valence-electron chi connectivity index (χ0n) is 17.3. The topological polar surface area (TPSA) is 91.5 Å². The molecule has 0 aromatic carbocycles. The standard InChI is InChI=1S/C20H31N7O/c1-5-21-19(23-14-16-25-18(28-26-16)20(2,3)4)24-15-9-12-27(13-10-15)17-8-6-7-11-22-17/h6-8,11,15H,5,9-10,12-14H2,1-4H3,(H2,21,23,24). The SMILES string of the molecule is CCNC(=NCc1noc(C(C)(C)C)n1)NC1CCN(c2ccccn2)CC1. The molecule has 3 rings (SSSR count). The number of piperidine rings is 1. The predicted molar refractivity (Wildman–Crippen MR) is 110 cm³/mol. The van der Waals surface area contributed by atoms with E-state index in [1.165, 1.54) is 0 Å². The van der Waals surface area contributed by atoms with E-state index in [2.05, 4.69) is 69.4 Å². The van der Waals surface area contributed by atoms with Crippen LogP contribution in [0, 0.1) is 0 Å². The molecule has 0 unspecified atom stereocenters. The maximum atomic E-state index is 5.34. The first-order valence-electron chi connectivity index (χ1n) is 9.99. The largest absolute Gasteiger partial charge is 0.357 e. The molecule has 8 nitrogen and oxygen atoms in total. The molecule has 0 spiro atoms. The number of aliphatic imine (C=N–C) groups is 1. The van der Waals surface area contributed by atoms with Crippen molar-refractivity contribution in [3.8, 4) is 0 Å². The van der Waals surface area contributed by atoms with Gasteiger partial charge in [-0.05, 0) is 31.9 Å². The van der Waals surface area contributed by atoms with Crippen molar-refractivity contribution in [2.45, 2.75) is 58.5 Å². The minimum absolute atomic E-state index is 0.153. The van der Waals surface area contributed by atoms with E-state index in [1.807, 2.05) is 18.3 Å². The summed E-state index contributed by atoms with van der Waals surface area (Å²) in [5, 5.41) is 10.9. The van der Waals surface area contributed by atoms with Crippen molar-refractivity contribution < 1.29 is 4.52 Å². The van der Waals surface area contributed by atoms with Crippen LogP contribution >= 0.6 is 0 Å². The van der Waals surface area contributed by atoms with Crippen molar-refractivity contribution in [3.63, 3.8) is 0 Å². The summed E-state index contributed by atoms with van der Waals surface area (Å²) in [5.41, 5.74) is -0.153. The summed E-state index contributed by atoms with van der Waals surface area (Å²) in [4.78, 5) is 15.9. The summed E-state index contributed by atoms with van der Waals surface area (Å²) in [6, 6.07) is 6.43. The summed E-state index contributed by atoms with van der Waals surface area (Å²) >= 11 is 0. The van der Waals surface area contributed by atoms with Crippen molar-refractivity contribution in [1.29, 1.82) is 0 Å². The molecule has 3 heterocycles. The van der Waals surface area contributed by atoms with Gasteiger partial charge < -0.3 is 20.1 Å². The molecule has 0 amide bonds. The van der Waals surface area contributed by atoms with Gasteiger partial charge in [0.05, 0.1) is 0 Å². The number of rotatable bonds is 5. The highest BCUT2D eigenvalue weighted by Crippen LogP contribution is 2.20. The van der Waals surface area contributed by atoms with Gasteiger partial charge in [-0.2, -0.15) is 4.98 Å². The molecule has 28 heavy (non-hydrogen) atoms. The Hall–Kier alpha value is -2.64. The van der Waals surface area contributed by atoms with Crippen LogP contribution in [0.15, 0.2) is 33.9 Å². The first-order valence-corrected chi connectivity index (χ1v) is 9.99. The number of anilines is 1. The average Bonchev–Trinajstić information content (AvgIpc) is 3.17. The Morgan fingerprint density at radius 1 is 1.29 bits per heavy atom. The van der Waals surface area contributed by atoms with Gasteiger partial charge in [0.25, 0.3) is 0 Å². The lowest BCUT2D eigenvalue weighted by Crippen LogP contribution is -2.48. The molecule has 0 aliphatic carbocycles. The van der Waals surface area contributed by atoms with Crippen molar-refractivity contribution in [2.75, 3.05) is 24.5 Å². The summed E-state index contributed by atoms with van der Waals surface area (Å²) in [7, 11) is 0. The van der Waals surface area contributed by atoms with Crippen molar-refractivity contribution >= 4 is 11.8 Å². The molecule has 8 heteroatoms. The summed E-state index contributed by atoms with van der Waals surface area (Å²) in [6.07, 6.45) is 3.92. The van der Waals surface area contributed by atoms with Crippen LogP contribution in [0.1, 0.15) is 52.3 Å². The van der Waals surface area contributed by atoms with E-state index in [0.717, 1.165) is 44.3 Å². The lowest BCUT2D eigenvalue weighted by molar-refractivity contribution is 0.318. The molecule has 2 aromatic heterocycles. The second kappa shape index (κ2) is 9.03. The quantitative estimate of drug-likeness (QED) is 0.603. The van der Waals surface area contributed by atoms with E-state index >= 15 is 0 Å². The number of nitrogens with zero attached hydrogens (tertiary/aromatic N) is 5. The molecule has 152 valence electrons. The second-order valence-electron chi connectivity index (χ2n) is 8.05. The predicted octanol–water partition coefficient (Wildman–Crippen LogP) is 2.49. The number of nitrogens with one attached hydrogen (secondary N) is 2. The zero-order valence-corrected chi connectivity index (χ0v) is 17.3. The third-order valence-electron chi connectivity index (χ3n) is 4.64. The highest BCUT2D eigenvalue weighted by molar-refractivity contribution is 5.80. The minimum atomic E-state index is -0.153. The maximum absolute atomic E-state index is 5.34. The van der Waals surface area contributed by atoms with Gasteiger partial charge in [-0.15, -0.1) is 0 Å². The minimum Gasteiger partial charge on any atom is -0.357 e. The van der Waals surface area contributed by atoms with E-state index in [-0.39, 0.29) is 5.41 Å². The van der Waals surface area contributed by atoms with E-state index in [0.29, 0.717) is 24.3 Å².